The van der Waals surface area contributed by atoms with Gasteiger partial charge in [-0.1, -0.05) is 135 Å². The van der Waals surface area contributed by atoms with Crippen molar-refractivity contribution in [3.63, 3.8) is 0 Å². The van der Waals surface area contributed by atoms with Crippen LogP contribution in [-0.2, 0) is 0 Å². The fourth-order valence-electron chi connectivity index (χ4n) is 14.5. The molecule has 0 aromatic carbocycles. The summed E-state index contributed by atoms with van der Waals surface area (Å²) >= 11 is 0. The molecule has 8 N–H and O–H groups in total. The Morgan fingerprint density at radius 2 is 0.807 bits per heavy atom. The maximum atomic E-state index is 9.58. The van der Waals surface area contributed by atoms with Gasteiger partial charge in [0.15, 0.2) is 0 Å². The zero-order chi connectivity index (χ0) is 66.0. The fourth-order valence-corrected chi connectivity index (χ4v) is 14.5. The van der Waals surface area contributed by atoms with Crippen molar-refractivity contribution < 1.29 is 40.9 Å². The summed E-state index contributed by atoms with van der Waals surface area (Å²) in [4.78, 5) is 0. The number of hydrogen-bond donors (Lipinski definition) is 8. The highest BCUT2D eigenvalue weighted by molar-refractivity contribution is 5.02. The van der Waals surface area contributed by atoms with Crippen molar-refractivity contribution in [2.75, 3.05) is 0 Å². The normalized spacial score (nSPS) is 32.2. The number of allylic oxidation sites excluding steroid dienone is 10. The first-order chi connectivity index (χ1) is 41.7. The van der Waals surface area contributed by atoms with Crippen LogP contribution in [0.15, 0.2) is 96.2 Å². The second kappa shape index (κ2) is 50.1. The quantitative estimate of drug-likeness (QED) is 0.0846. The summed E-state index contributed by atoms with van der Waals surface area (Å²) in [6.45, 7) is 38.8. The number of aliphatic hydroxyl groups is 8. The average Bonchev–Trinajstić information content (AvgIpc) is 3.48. The van der Waals surface area contributed by atoms with E-state index in [9.17, 15) is 40.9 Å². The lowest BCUT2D eigenvalue weighted by molar-refractivity contribution is 0.0700. The molecule has 0 aromatic rings. The number of rotatable bonds is 13. The van der Waals surface area contributed by atoms with E-state index in [2.05, 4.69) is 126 Å². The van der Waals surface area contributed by atoms with E-state index in [1.54, 1.807) is 0 Å². The summed E-state index contributed by atoms with van der Waals surface area (Å²) in [6.07, 6.45) is 53.2. The molecule has 0 aromatic heterocycles. The molecule has 11 atom stereocenters. The Kier molecular flexibility index (Phi) is 47.6. The largest absolute Gasteiger partial charge is 0.393 e. The van der Waals surface area contributed by atoms with Gasteiger partial charge in [0.1, 0.15) is 0 Å². The molecular weight excluding hydrogens is 1090 g/mol. The number of aliphatic hydroxyl groups excluding tert-OH is 8. The van der Waals surface area contributed by atoms with Gasteiger partial charge in [-0.3, -0.25) is 0 Å². The van der Waals surface area contributed by atoms with Crippen molar-refractivity contribution >= 4 is 0 Å². The van der Waals surface area contributed by atoms with Gasteiger partial charge in [0.05, 0.1) is 48.8 Å². The molecule has 0 heterocycles. The van der Waals surface area contributed by atoms with Crippen molar-refractivity contribution in [2.45, 2.75) is 356 Å². The molecule has 11 unspecified atom stereocenters. The van der Waals surface area contributed by atoms with Crippen molar-refractivity contribution in [2.24, 2.45) is 53.3 Å². The van der Waals surface area contributed by atoms with Crippen LogP contribution in [0.1, 0.15) is 307 Å². The van der Waals surface area contributed by atoms with E-state index in [0.717, 1.165) is 127 Å². The van der Waals surface area contributed by atoms with Gasteiger partial charge in [0, 0.05) is 11.8 Å². The molecule has 0 spiro atoms. The topological polar surface area (TPSA) is 162 Å². The standard InChI is InChI=1S/8C10H18O/c2*1-8(2)7-9-3-5-10(11)6-4-9;2*1-8(2)6-9-4-3-5-10(11)7-9;2*1-8(2)7-9-5-3-4-6-10(9)11;1-3-8(2)9-4-6-10(11)7-5-9;1-2-3-6-9-7-4-5-8-10(9)11/h7,9-11H,3-6H2,1-2H3;9-11H,1,3-7H2,2H3;6,9-11H,3-5,7H2,1-2H3;9-11H,1,3-7H2,2H3;7,9-11H,3-6H2,1-2H3;9-11H,1,3-7H2,2H3;3,8-11H,1,4-7H2,2H3;3,6,9-11H,2,4-5,7-8H2,1H3. The van der Waals surface area contributed by atoms with E-state index in [-0.39, 0.29) is 48.8 Å². The highest BCUT2D eigenvalue weighted by Gasteiger charge is 2.26. The van der Waals surface area contributed by atoms with Crippen LogP contribution in [0.25, 0.3) is 0 Å². The van der Waals surface area contributed by atoms with Gasteiger partial charge in [0.25, 0.3) is 0 Å². The molecule has 8 aliphatic carbocycles. The third-order valence-corrected chi connectivity index (χ3v) is 19.5. The van der Waals surface area contributed by atoms with Crippen molar-refractivity contribution in [1.29, 1.82) is 0 Å². The van der Waals surface area contributed by atoms with E-state index in [4.69, 9.17) is 0 Å². The van der Waals surface area contributed by atoms with Gasteiger partial charge < -0.3 is 40.9 Å². The first-order valence-corrected chi connectivity index (χ1v) is 36.3. The summed E-state index contributed by atoms with van der Waals surface area (Å²) in [6, 6.07) is 0. The van der Waals surface area contributed by atoms with Crippen LogP contribution in [0.2, 0.25) is 0 Å². The van der Waals surface area contributed by atoms with Gasteiger partial charge in [-0.2, -0.15) is 0 Å². The summed E-state index contributed by atoms with van der Waals surface area (Å²) < 4.78 is 0. The highest BCUT2D eigenvalue weighted by atomic mass is 16.3. The molecule has 8 nitrogen and oxygen atoms in total. The summed E-state index contributed by atoms with van der Waals surface area (Å²) in [5.74, 6) is 5.68. The Bertz CT molecular complexity index is 1910. The maximum absolute atomic E-state index is 9.58. The van der Waals surface area contributed by atoms with E-state index >= 15 is 0 Å². The number of hydrogen-bond acceptors (Lipinski definition) is 8. The molecule has 8 rings (SSSR count). The lowest BCUT2D eigenvalue weighted by Gasteiger charge is -2.28. The second-order valence-corrected chi connectivity index (χ2v) is 29.9. The summed E-state index contributed by atoms with van der Waals surface area (Å²) in [5.41, 5.74) is 7.86. The van der Waals surface area contributed by atoms with Gasteiger partial charge in [0.2, 0.25) is 0 Å². The van der Waals surface area contributed by atoms with Crippen LogP contribution in [0.4, 0.5) is 0 Å². The Morgan fingerprint density at radius 1 is 0.386 bits per heavy atom. The fraction of sp³-hybridized carbons (Fsp3) is 0.800. The molecule has 0 saturated heterocycles. The van der Waals surface area contributed by atoms with E-state index in [0.29, 0.717) is 35.5 Å². The minimum absolute atomic E-state index is 0.0168. The smallest absolute Gasteiger partial charge is 0.0602 e. The minimum atomic E-state index is -0.0707. The Labute approximate surface area is 543 Å². The molecule has 0 radical (unpaired) electrons. The van der Waals surface area contributed by atoms with Crippen LogP contribution in [-0.4, -0.2) is 89.7 Å². The van der Waals surface area contributed by atoms with Crippen molar-refractivity contribution in [3.05, 3.63) is 96.2 Å². The minimum Gasteiger partial charge on any atom is -0.393 e. The Hall–Kier alpha value is -2.40. The molecule has 8 fully saturated rings. The van der Waals surface area contributed by atoms with Crippen LogP contribution in [0.3, 0.4) is 0 Å². The summed E-state index contributed by atoms with van der Waals surface area (Å²) in [5, 5.41) is 75.2. The maximum Gasteiger partial charge on any atom is 0.0602 e. The lowest BCUT2D eigenvalue weighted by atomic mass is 9.80. The molecular formula is C80H144O8. The zero-order valence-electron chi connectivity index (χ0n) is 59.1. The predicted molar refractivity (Wildman–Crippen MR) is 379 cm³/mol. The van der Waals surface area contributed by atoms with E-state index < -0.39 is 0 Å². The van der Waals surface area contributed by atoms with Gasteiger partial charge in [-0.05, 0) is 284 Å². The molecule has 88 heavy (non-hydrogen) atoms. The first kappa shape index (κ1) is 83.6. The molecule has 8 heteroatoms. The van der Waals surface area contributed by atoms with Crippen LogP contribution in [0.5, 0.6) is 0 Å². The van der Waals surface area contributed by atoms with Gasteiger partial charge in [-0.15, -0.1) is 26.3 Å². The van der Waals surface area contributed by atoms with E-state index in [1.165, 1.54) is 155 Å². The van der Waals surface area contributed by atoms with Crippen LogP contribution >= 0.6 is 0 Å². The van der Waals surface area contributed by atoms with Crippen LogP contribution < -0.4 is 0 Å². The van der Waals surface area contributed by atoms with Crippen LogP contribution in [0, 0.1) is 53.3 Å². The lowest BCUT2D eigenvalue weighted by Crippen LogP contribution is -2.24. The van der Waals surface area contributed by atoms with Gasteiger partial charge in [-0.25, -0.2) is 0 Å². The first-order valence-electron chi connectivity index (χ1n) is 36.3. The Morgan fingerprint density at radius 3 is 1.25 bits per heavy atom. The monoisotopic (exact) mass is 1230 g/mol. The second-order valence-electron chi connectivity index (χ2n) is 29.9. The SMILES string of the molecule is C=C(C)CC1CCC(O)CC1.C=C(C)CC1CCCC(O)C1.C=C(C)CC1CCCCC1O.C=CC(C)C1CCC(O)CC1.CC(C)=CC1CCC(O)CC1.CC(C)=CC1CCCC(O)C1.CC(C)=CC1CCCCC1O.CCC=CC1CCCCC1O. The van der Waals surface area contributed by atoms with Crippen molar-refractivity contribution in [3.8, 4) is 0 Å². The summed E-state index contributed by atoms with van der Waals surface area (Å²) in [7, 11) is 0. The van der Waals surface area contributed by atoms with E-state index in [1.807, 2.05) is 13.0 Å². The third kappa shape index (κ3) is 43.4. The Balaban J connectivity index is 0.000000503. The van der Waals surface area contributed by atoms with Gasteiger partial charge >= 0.3 is 0 Å². The molecule has 8 saturated carbocycles. The zero-order valence-corrected chi connectivity index (χ0v) is 59.1. The molecule has 0 bridgehead atoms. The van der Waals surface area contributed by atoms with Crippen molar-refractivity contribution in [1.82, 2.24) is 0 Å². The molecule has 0 aliphatic heterocycles. The molecule has 512 valence electrons. The third-order valence-electron chi connectivity index (χ3n) is 19.5. The predicted octanol–water partition coefficient (Wildman–Crippen LogP) is 19.9. The average molecular weight is 1230 g/mol. The molecule has 0 amide bonds. The highest BCUT2D eigenvalue weighted by Crippen LogP contribution is 2.34. The molecule has 8 aliphatic rings.